The molecule has 1 aliphatic carbocycles. The molecule has 180 valence electrons. The first-order valence-electron chi connectivity index (χ1n) is 10.7. The van der Waals surface area contributed by atoms with E-state index in [-0.39, 0.29) is 24.2 Å². The van der Waals surface area contributed by atoms with E-state index in [1.165, 1.54) is 27.9 Å². The monoisotopic (exact) mass is 462 g/mol. The number of hydrogen-bond donors (Lipinski definition) is 3. The van der Waals surface area contributed by atoms with Gasteiger partial charge in [-0.05, 0) is 33.6 Å². The molecule has 0 unspecified atom stereocenters. The SMILES string of the molecule is CCCC(=O)C1=C(O)C(C)(C)C(=O)[C@@H](Oc2c(O)c(C(=O)CCC)c(O)c(C)c2OC)C1=O. The van der Waals surface area contributed by atoms with E-state index in [0.717, 1.165) is 0 Å². The Morgan fingerprint density at radius 2 is 1.48 bits per heavy atom. The fraction of sp³-hybridized carbons (Fsp3) is 0.500. The van der Waals surface area contributed by atoms with E-state index < -0.39 is 68.8 Å². The fourth-order valence-corrected chi connectivity index (χ4v) is 3.74. The van der Waals surface area contributed by atoms with Gasteiger partial charge in [0.15, 0.2) is 28.8 Å². The third-order valence-electron chi connectivity index (χ3n) is 5.71. The number of rotatable bonds is 9. The average molecular weight is 462 g/mol. The normalized spacial score (nSPS) is 17.8. The molecule has 0 amide bonds. The first-order valence-corrected chi connectivity index (χ1v) is 10.7. The van der Waals surface area contributed by atoms with Crippen molar-refractivity contribution in [1.82, 2.24) is 0 Å². The van der Waals surface area contributed by atoms with Gasteiger partial charge in [0.1, 0.15) is 22.6 Å². The van der Waals surface area contributed by atoms with Crippen molar-refractivity contribution in [2.75, 3.05) is 7.11 Å². The number of aromatic hydroxyl groups is 2. The Morgan fingerprint density at radius 1 is 0.939 bits per heavy atom. The van der Waals surface area contributed by atoms with Gasteiger partial charge in [0.05, 0.1) is 12.5 Å². The van der Waals surface area contributed by atoms with Crippen molar-refractivity contribution in [3.05, 3.63) is 22.5 Å². The highest BCUT2D eigenvalue weighted by atomic mass is 16.5. The van der Waals surface area contributed by atoms with Crippen molar-refractivity contribution in [3.63, 3.8) is 0 Å². The number of benzene rings is 1. The van der Waals surface area contributed by atoms with Gasteiger partial charge in [0, 0.05) is 18.4 Å². The predicted octanol–water partition coefficient (Wildman–Crippen LogP) is 3.50. The molecule has 0 aromatic heterocycles. The van der Waals surface area contributed by atoms with Crippen molar-refractivity contribution in [2.45, 2.75) is 66.4 Å². The number of carbonyl (C=O) groups is 4. The number of allylic oxidation sites excluding steroid dienone is 1. The molecule has 9 heteroatoms. The van der Waals surface area contributed by atoms with Crippen molar-refractivity contribution >= 4 is 23.1 Å². The second-order valence-corrected chi connectivity index (χ2v) is 8.48. The minimum absolute atomic E-state index is 0.0208. The molecule has 1 atom stereocenters. The molecule has 0 saturated carbocycles. The van der Waals surface area contributed by atoms with Crippen LogP contribution in [0.5, 0.6) is 23.0 Å². The zero-order valence-corrected chi connectivity index (χ0v) is 19.7. The summed E-state index contributed by atoms with van der Waals surface area (Å²) in [6.07, 6.45) is -1.03. The number of phenols is 2. The van der Waals surface area contributed by atoms with Gasteiger partial charge in [-0.3, -0.25) is 19.2 Å². The van der Waals surface area contributed by atoms with E-state index in [9.17, 15) is 34.5 Å². The zero-order valence-electron chi connectivity index (χ0n) is 19.7. The lowest BCUT2D eigenvalue weighted by Crippen LogP contribution is -2.51. The highest BCUT2D eigenvalue weighted by Gasteiger charge is 2.52. The highest BCUT2D eigenvalue weighted by molar-refractivity contribution is 6.30. The van der Waals surface area contributed by atoms with E-state index >= 15 is 0 Å². The summed E-state index contributed by atoms with van der Waals surface area (Å²) in [5, 5.41) is 31.8. The van der Waals surface area contributed by atoms with Crippen LogP contribution in [0.3, 0.4) is 0 Å². The lowest BCUT2D eigenvalue weighted by atomic mass is 9.73. The standard InChI is InChI=1S/C24H30O9/c1-7-9-12(25)14-16(27)11(3)19(32-6)20(17(14)28)33-21-18(29)15(13(26)10-8-2)22(30)24(4,5)23(21)31/h21,27-28,30H,7-10H2,1-6H3/t21-/m0/s1. The van der Waals surface area contributed by atoms with Gasteiger partial charge in [0.2, 0.25) is 17.6 Å². The zero-order chi connectivity index (χ0) is 25.2. The quantitative estimate of drug-likeness (QED) is 0.285. The molecule has 1 aromatic carbocycles. The van der Waals surface area contributed by atoms with Gasteiger partial charge in [-0.1, -0.05) is 13.8 Å². The molecular formula is C24H30O9. The summed E-state index contributed by atoms with van der Waals surface area (Å²) in [6, 6.07) is 0. The maximum absolute atomic E-state index is 13.1. The molecule has 0 radical (unpaired) electrons. The van der Waals surface area contributed by atoms with Crippen molar-refractivity contribution in [2.24, 2.45) is 5.41 Å². The number of Topliss-reactive ketones (excluding diaryl/α,β-unsaturated/α-hetero) is 4. The van der Waals surface area contributed by atoms with Gasteiger partial charge in [0.25, 0.3) is 0 Å². The number of hydrogen-bond acceptors (Lipinski definition) is 9. The van der Waals surface area contributed by atoms with Crippen LogP contribution in [0, 0.1) is 12.3 Å². The maximum atomic E-state index is 13.1. The Morgan fingerprint density at radius 3 is 2.00 bits per heavy atom. The summed E-state index contributed by atoms with van der Waals surface area (Å²) < 4.78 is 10.9. The number of ether oxygens (including phenoxy) is 2. The molecule has 0 heterocycles. The molecule has 2 rings (SSSR count). The Balaban J connectivity index is 2.71. The van der Waals surface area contributed by atoms with Gasteiger partial charge < -0.3 is 24.8 Å². The van der Waals surface area contributed by atoms with Crippen LogP contribution >= 0.6 is 0 Å². The topological polar surface area (TPSA) is 147 Å². The third kappa shape index (κ3) is 4.31. The van der Waals surface area contributed by atoms with E-state index in [4.69, 9.17) is 9.47 Å². The van der Waals surface area contributed by atoms with Crippen molar-refractivity contribution < 1.29 is 44.0 Å². The fourth-order valence-electron chi connectivity index (χ4n) is 3.74. The van der Waals surface area contributed by atoms with Crippen LogP contribution in [-0.4, -0.2) is 51.7 Å². The Kier molecular flexibility index (Phi) is 7.57. The Bertz CT molecular complexity index is 1050. The Labute approximate surface area is 192 Å². The van der Waals surface area contributed by atoms with E-state index in [1.807, 2.05) is 0 Å². The van der Waals surface area contributed by atoms with Gasteiger partial charge in [-0.25, -0.2) is 0 Å². The van der Waals surface area contributed by atoms with Gasteiger partial charge in [-0.15, -0.1) is 0 Å². The lowest BCUT2D eigenvalue weighted by Gasteiger charge is -2.34. The van der Waals surface area contributed by atoms with Gasteiger partial charge >= 0.3 is 0 Å². The summed E-state index contributed by atoms with van der Waals surface area (Å²) >= 11 is 0. The third-order valence-corrected chi connectivity index (χ3v) is 5.71. The van der Waals surface area contributed by atoms with E-state index in [1.54, 1.807) is 13.8 Å². The molecular weight excluding hydrogens is 432 g/mol. The lowest BCUT2D eigenvalue weighted by molar-refractivity contribution is -0.143. The summed E-state index contributed by atoms with van der Waals surface area (Å²) in [4.78, 5) is 51.3. The van der Waals surface area contributed by atoms with Crippen molar-refractivity contribution in [3.8, 4) is 23.0 Å². The molecule has 1 aromatic rings. The molecule has 0 saturated heterocycles. The first kappa shape index (κ1) is 25.9. The van der Waals surface area contributed by atoms with E-state index in [2.05, 4.69) is 0 Å². The Hall–Kier alpha value is -3.36. The number of aliphatic hydroxyl groups is 1. The molecule has 0 spiro atoms. The number of aliphatic hydroxyl groups excluding tert-OH is 1. The summed E-state index contributed by atoms with van der Waals surface area (Å²) in [7, 11) is 1.22. The summed E-state index contributed by atoms with van der Waals surface area (Å²) in [6.45, 7) is 7.59. The second-order valence-electron chi connectivity index (χ2n) is 8.48. The molecule has 3 N–H and O–H groups in total. The van der Waals surface area contributed by atoms with Crippen LogP contribution in [0.1, 0.15) is 69.3 Å². The molecule has 9 nitrogen and oxygen atoms in total. The molecule has 33 heavy (non-hydrogen) atoms. The van der Waals surface area contributed by atoms with Crippen LogP contribution in [0.15, 0.2) is 11.3 Å². The largest absolute Gasteiger partial charge is 0.510 e. The van der Waals surface area contributed by atoms with Gasteiger partial charge in [-0.2, -0.15) is 0 Å². The van der Waals surface area contributed by atoms with Crippen LogP contribution < -0.4 is 9.47 Å². The second kappa shape index (κ2) is 9.64. The maximum Gasteiger partial charge on any atom is 0.221 e. The van der Waals surface area contributed by atoms with Crippen LogP contribution in [0.4, 0.5) is 0 Å². The minimum Gasteiger partial charge on any atom is -0.510 e. The molecule has 0 aliphatic heterocycles. The predicted molar refractivity (Wildman–Crippen MR) is 118 cm³/mol. The number of methoxy groups -OCH3 is 1. The summed E-state index contributed by atoms with van der Waals surface area (Å²) in [5.41, 5.74) is -2.50. The highest BCUT2D eigenvalue weighted by Crippen LogP contribution is 2.49. The summed E-state index contributed by atoms with van der Waals surface area (Å²) in [5.74, 6) is -5.69. The molecule has 0 fully saturated rings. The van der Waals surface area contributed by atoms with E-state index in [0.29, 0.717) is 12.8 Å². The smallest absolute Gasteiger partial charge is 0.221 e. The van der Waals surface area contributed by atoms with Crippen molar-refractivity contribution in [1.29, 1.82) is 0 Å². The number of ketones is 4. The van der Waals surface area contributed by atoms with Crippen LogP contribution in [0.25, 0.3) is 0 Å². The first-order chi connectivity index (χ1) is 15.4. The molecule has 0 bridgehead atoms. The minimum atomic E-state index is -1.88. The average Bonchev–Trinajstić information content (AvgIpc) is 2.74. The van der Waals surface area contributed by atoms with Crippen LogP contribution in [-0.2, 0) is 14.4 Å². The number of carbonyl (C=O) groups excluding carboxylic acids is 4. The molecule has 1 aliphatic rings. The number of phenolic OH excluding ortho intramolecular Hbond substituents is 2. The van der Waals surface area contributed by atoms with Crippen LogP contribution in [0.2, 0.25) is 0 Å².